The molecule has 0 fully saturated rings. The van der Waals surface area contributed by atoms with Gasteiger partial charge < -0.3 is 0 Å². The molecular weight excluding hydrogens is 577 g/mol. The predicted octanol–water partition coefficient (Wildman–Crippen LogP) is 13.6. The molecule has 0 saturated heterocycles. The van der Waals surface area contributed by atoms with Crippen LogP contribution >= 0.6 is 0 Å². The molecule has 9 aromatic rings. The van der Waals surface area contributed by atoms with Gasteiger partial charge in [-0.25, -0.2) is 0 Å². The lowest BCUT2D eigenvalue weighted by Crippen LogP contribution is -1.93. The summed E-state index contributed by atoms with van der Waals surface area (Å²) in [5.74, 6) is 0. The number of aryl methyl sites for hydroxylation is 2. The molecule has 0 radical (unpaired) electrons. The average molecular weight is 611 g/mol. The van der Waals surface area contributed by atoms with Crippen LogP contribution in [0.25, 0.3) is 87.6 Å². The smallest absolute Gasteiger partial charge is 0.00262 e. The number of benzene rings is 9. The minimum absolute atomic E-state index is 1.23. The summed E-state index contributed by atoms with van der Waals surface area (Å²) in [4.78, 5) is 0. The molecule has 9 aromatic carbocycles. The molecule has 0 aliphatic rings. The van der Waals surface area contributed by atoms with E-state index < -0.39 is 0 Å². The third-order valence-electron chi connectivity index (χ3n) is 10.1. The van der Waals surface area contributed by atoms with E-state index in [0.717, 1.165) is 0 Å². The monoisotopic (exact) mass is 610 g/mol. The number of hydrogen-bond donors (Lipinski definition) is 0. The summed E-state index contributed by atoms with van der Waals surface area (Å²) < 4.78 is 0. The highest BCUT2D eigenvalue weighted by atomic mass is 14.2. The van der Waals surface area contributed by atoms with Gasteiger partial charge in [0, 0.05) is 0 Å². The second kappa shape index (κ2) is 11.4. The molecule has 0 unspecified atom stereocenters. The summed E-state index contributed by atoms with van der Waals surface area (Å²) in [6.07, 6.45) is 0. The molecule has 0 heteroatoms. The number of rotatable bonds is 4. The maximum atomic E-state index is 2.42. The van der Waals surface area contributed by atoms with E-state index in [1.54, 1.807) is 0 Å². The standard InChI is InChI=1S/C48H34/c1-31-22-23-38(30-45(31)46-29-37-14-4-3-13-36(37)28-32(46)2)48-43-19-9-7-17-41(43)47(42-18-8-10-20-44(42)48)35-26-24-34(25-27-35)40-21-11-15-33-12-5-6-16-39(33)40/h3-30H,1-2H3. The highest BCUT2D eigenvalue weighted by Gasteiger charge is 2.18. The second-order valence-corrected chi connectivity index (χ2v) is 13.0. The van der Waals surface area contributed by atoms with Gasteiger partial charge in [0.15, 0.2) is 0 Å². The Morgan fingerprint density at radius 3 is 1.38 bits per heavy atom. The first-order valence-corrected chi connectivity index (χ1v) is 16.8. The number of fused-ring (bicyclic) bond motifs is 4. The Morgan fingerprint density at radius 1 is 0.271 bits per heavy atom. The molecule has 226 valence electrons. The molecule has 0 spiro atoms. The molecule has 0 nitrogen and oxygen atoms in total. The number of hydrogen-bond acceptors (Lipinski definition) is 0. The van der Waals surface area contributed by atoms with Gasteiger partial charge in [-0.2, -0.15) is 0 Å². The predicted molar refractivity (Wildman–Crippen MR) is 208 cm³/mol. The van der Waals surface area contributed by atoms with Gasteiger partial charge in [0.05, 0.1) is 0 Å². The summed E-state index contributed by atoms with van der Waals surface area (Å²) in [5.41, 5.74) is 12.7. The lowest BCUT2D eigenvalue weighted by Gasteiger charge is -2.19. The third kappa shape index (κ3) is 4.61. The Morgan fingerprint density at radius 2 is 0.729 bits per heavy atom. The van der Waals surface area contributed by atoms with Crippen molar-refractivity contribution in [1.29, 1.82) is 0 Å². The van der Waals surface area contributed by atoms with Gasteiger partial charge >= 0.3 is 0 Å². The summed E-state index contributed by atoms with van der Waals surface area (Å²) in [6, 6.07) is 62.6. The summed E-state index contributed by atoms with van der Waals surface area (Å²) in [5, 5.41) is 10.2. The maximum absolute atomic E-state index is 2.42. The van der Waals surface area contributed by atoms with Crippen molar-refractivity contribution in [2.24, 2.45) is 0 Å². The molecule has 0 saturated carbocycles. The molecule has 48 heavy (non-hydrogen) atoms. The van der Waals surface area contributed by atoms with Crippen LogP contribution < -0.4 is 0 Å². The van der Waals surface area contributed by atoms with Gasteiger partial charge in [0.2, 0.25) is 0 Å². The molecule has 0 atom stereocenters. The van der Waals surface area contributed by atoms with Gasteiger partial charge in [-0.15, -0.1) is 0 Å². The molecule has 0 amide bonds. The minimum atomic E-state index is 1.23. The molecule has 9 rings (SSSR count). The molecule has 0 aliphatic carbocycles. The molecule has 0 aromatic heterocycles. The van der Waals surface area contributed by atoms with Crippen LogP contribution in [0.5, 0.6) is 0 Å². The lowest BCUT2D eigenvalue weighted by molar-refractivity contribution is 1.42. The van der Waals surface area contributed by atoms with E-state index in [9.17, 15) is 0 Å². The first-order chi connectivity index (χ1) is 23.6. The lowest BCUT2D eigenvalue weighted by atomic mass is 9.84. The molecule has 0 heterocycles. The van der Waals surface area contributed by atoms with Crippen molar-refractivity contribution in [2.75, 3.05) is 0 Å². The van der Waals surface area contributed by atoms with E-state index in [-0.39, 0.29) is 0 Å². The average Bonchev–Trinajstić information content (AvgIpc) is 3.14. The Hall–Kier alpha value is -5.98. The van der Waals surface area contributed by atoms with Crippen LogP contribution in [0, 0.1) is 13.8 Å². The van der Waals surface area contributed by atoms with Crippen LogP contribution in [0.3, 0.4) is 0 Å². The van der Waals surface area contributed by atoms with E-state index in [0.29, 0.717) is 0 Å². The van der Waals surface area contributed by atoms with E-state index >= 15 is 0 Å². The summed E-state index contributed by atoms with van der Waals surface area (Å²) in [7, 11) is 0. The van der Waals surface area contributed by atoms with Gasteiger partial charge in [-0.1, -0.05) is 158 Å². The van der Waals surface area contributed by atoms with Crippen molar-refractivity contribution in [3.63, 3.8) is 0 Å². The van der Waals surface area contributed by atoms with Gasteiger partial charge in [-0.3, -0.25) is 0 Å². The Kier molecular flexibility index (Phi) is 6.69. The fraction of sp³-hybridized carbons (Fsp3) is 0.0417. The van der Waals surface area contributed by atoms with Crippen LogP contribution in [0.15, 0.2) is 170 Å². The van der Waals surface area contributed by atoms with Gasteiger partial charge in [-0.05, 0) is 125 Å². The second-order valence-electron chi connectivity index (χ2n) is 13.0. The van der Waals surface area contributed by atoms with Crippen molar-refractivity contribution in [1.82, 2.24) is 0 Å². The highest BCUT2D eigenvalue weighted by molar-refractivity contribution is 6.21. The largest absolute Gasteiger partial charge is 0.0616 e. The highest BCUT2D eigenvalue weighted by Crippen LogP contribution is 2.45. The van der Waals surface area contributed by atoms with E-state index in [4.69, 9.17) is 0 Å². The van der Waals surface area contributed by atoms with Gasteiger partial charge in [0.1, 0.15) is 0 Å². The first kappa shape index (κ1) is 28.3. The van der Waals surface area contributed by atoms with Crippen molar-refractivity contribution in [3.05, 3.63) is 181 Å². The van der Waals surface area contributed by atoms with Crippen LogP contribution in [-0.4, -0.2) is 0 Å². The minimum Gasteiger partial charge on any atom is -0.0616 e. The molecule has 0 bridgehead atoms. The normalized spacial score (nSPS) is 11.5. The van der Waals surface area contributed by atoms with Crippen molar-refractivity contribution >= 4 is 43.1 Å². The van der Waals surface area contributed by atoms with E-state index in [1.165, 1.54) is 98.7 Å². The SMILES string of the molecule is Cc1ccc(-c2c3ccccc3c(-c3ccc(-c4cccc5ccccc45)cc3)c3ccccc23)cc1-c1cc2ccccc2cc1C. The third-order valence-corrected chi connectivity index (χ3v) is 10.1. The summed E-state index contributed by atoms with van der Waals surface area (Å²) >= 11 is 0. The Labute approximate surface area is 281 Å². The zero-order valence-corrected chi connectivity index (χ0v) is 27.2. The maximum Gasteiger partial charge on any atom is -0.00262 e. The van der Waals surface area contributed by atoms with Gasteiger partial charge in [0.25, 0.3) is 0 Å². The molecule has 0 aliphatic heterocycles. The van der Waals surface area contributed by atoms with Crippen molar-refractivity contribution < 1.29 is 0 Å². The quantitative estimate of drug-likeness (QED) is 0.174. The van der Waals surface area contributed by atoms with Crippen LogP contribution in [0.2, 0.25) is 0 Å². The summed E-state index contributed by atoms with van der Waals surface area (Å²) in [6.45, 7) is 4.47. The van der Waals surface area contributed by atoms with Crippen LogP contribution in [0.1, 0.15) is 11.1 Å². The Bertz CT molecular complexity index is 2610. The van der Waals surface area contributed by atoms with Crippen molar-refractivity contribution in [2.45, 2.75) is 13.8 Å². The molecular formula is C48H34. The van der Waals surface area contributed by atoms with E-state index in [2.05, 4.69) is 184 Å². The zero-order chi connectivity index (χ0) is 32.2. The topological polar surface area (TPSA) is 0 Å². The van der Waals surface area contributed by atoms with Crippen LogP contribution in [0.4, 0.5) is 0 Å². The Balaban J connectivity index is 1.24. The fourth-order valence-corrected chi connectivity index (χ4v) is 7.76. The zero-order valence-electron chi connectivity index (χ0n) is 27.2. The first-order valence-electron chi connectivity index (χ1n) is 16.8. The fourth-order valence-electron chi connectivity index (χ4n) is 7.76. The van der Waals surface area contributed by atoms with E-state index in [1.807, 2.05) is 0 Å². The van der Waals surface area contributed by atoms with Crippen molar-refractivity contribution in [3.8, 4) is 44.5 Å². The van der Waals surface area contributed by atoms with Crippen LogP contribution in [-0.2, 0) is 0 Å². The molecule has 0 N–H and O–H groups in total.